The molecule has 3 atom stereocenters. The highest BCUT2D eigenvalue weighted by molar-refractivity contribution is 5.67. The number of aliphatic carboxylic acids is 1. The van der Waals surface area contributed by atoms with Gasteiger partial charge < -0.3 is 9.84 Å². The van der Waals surface area contributed by atoms with Crippen molar-refractivity contribution in [1.29, 1.82) is 0 Å². The molecule has 1 N–H and O–H groups in total. The molecule has 1 aromatic rings. The molecule has 1 aliphatic rings. The van der Waals surface area contributed by atoms with E-state index in [0.29, 0.717) is 18.4 Å². The quantitative estimate of drug-likeness (QED) is 0.431. The molecule has 0 bridgehead atoms. The molecule has 0 spiro atoms. The third kappa shape index (κ3) is 9.00. The molecule has 0 amide bonds. The highest BCUT2D eigenvalue weighted by atomic mass is 19.4. The molecule has 0 saturated carbocycles. The molecule has 32 heavy (non-hydrogen) atoms. The van der Waals surface area contributed by atoms with Crippen LogP contribution in [0.4, 0.5) is 13.2 Å². The first kappa shape index (κ1) is 26.5. The van der Waals surface area contributed by atoms with Crippen LogP contribution in [-0.4, -0.2) is 34.9 Å². The number of ether oxygens (including phenoxy) is 1. The minimum absolute atomic E-state index is 0.0208. The highest BCUT2D eigenvalue weighted by Gasteiger charge is 2.36. The van der Waals surface area contributed by atoms with Crippen molar-refractivity contribution in [2.45, 2.75) is 91.6 Å². The maximum absolute atomic E-state index is 12.6. The summed E-state index contributed by atoms with van der Waals surface area (Å²) in [7, 11) is 0. The summed E-state index contributed by atoms with van der Waals surface area (Å²) in [5.41, 5.74) is 1.05. The van der Waals surface area contributed by atoms with Gasteiger partial charge in [-0.3, -0.25) is 9.69 Å². The van der Waals surface area contributed by atoms with Gasteiger partial charge in [0, 0.05) is 18.5 Å². The van der Waals surface area contributed by atoms with Crippen LogP contribution in [0.3, 0.4) is 0 Å². The van der Waals surface area contributed by atoms with Crippen molar-refractivity contribution in [1.82, 2.24) is 4.90 Å². The fraction of sp³-hybridized carbons (Fsp3) is 0.720. The molecule has 7 heteroatoms. The summed E-state index contributed by atoms with van der Waals surface area (Å²) in [6.45, 7) is 11.9. The second-order valence-electron chi connectivity index (χ2n) is 10.7. The zero-order chi connectivity index (χ0) is 24.1. The molecule has 1 saturated heterocycles. The first-order valence-corrected chi connectivity index (χ1v) is 11.6. The summed E-state index contributed by atoms with van der Waals surface area (Å²) in [6.07, 6.45) is 0.0594. The molecule has 2 rings (SSSR count). The van der Waals surface area contributed by atoms with E-state index in [1.54, 1.807) is 12.1 Å². The molecule has 4 nitrogen and oxygen atoms in total. The summed E-state index contributed by atoms with van der Waals surface area (Å²) < 4.78 is 41.7. The van der Waals surface area contributed by atoms with Crippen molar-refractivity contribution >= 4 is 5.97 Å². The Labute approximate surface area is 190 Å². The molecule has 1 heterocycles. The van der Waals surface area contributed by atoms with Crippen LogP contribution in [0.15, 0.2) is 24.3 Å². The van der Waals surface area contributed by atoms with Crippen molar-refractivity contribution in [2.75, 3.05) is 6.54 Å². The van der Waals surface area contributed by atoms with Gasteiger partial charge in [-0.1, -0.05) is 46.8 Å². The summed E-state index contributed by atoms with van der Waals surface area (Å²) in [4.78, 5) is 13.8. The van der Waals surface area contributed by atoms with Crippen LogP contribution in [0.25, 0.3) is 0 Å². The summed E-state index contributed by atoms with van der Waals surface area (Å²) >= 11 is 0. The van der Waals surface area contributed by atoms with E-state index >= 15 is 0 Å². The third-order valence-electron chi connectivity index (χ3n) is 6.11. The monoisotopic (exact) mass is 457 g/mol. The number of carboxylic acids is 1. The maximum atomic E-state index is 12.6. The van der Waals surface area contributed by atoms with Gasteiger partial charge in [0.15, 0.2) is 0 Å². The molecule has 182 valence electrons. The first-order chi connectivity index (χ1) is 14.7. The maximum Gasteiger partial charge on any atom is 0.573 e. The van der Waals surface area contributed by atoms with E-state index in [0.717, 1.165) is 37.8 Å². The first-order valence-electron chi connectivity index (χ1n) is 11.6. The second-order valence-corrected chi connectivity index (χ2v) is 10.7. The Bertz CT molecular complexity index is 725. The van der Waals surface area contributed by atoms with Gasteiger partial charge in [-0.2, -0.15) is 0 Å². The van der Waals surface area contributed by atoms with E-state index in [1.165, 1.54) is 12.1 Å². The zero-order valence-electron chi connectivity index (χ0n) is 19.9. The predicted octanol–water partition coefficient (Wildman–Crippen LogP) is 7.05. The van der Waals surface area contributed by atoms with Crippen molar-refractivity contribution in [2.24, 2.45) is 17.3 Å². The van der Waals surface area contributed by atoms with Gasteiger partial charge in [-0.15, -0.1) is 13.2 Å². The van der Waals surface area contributed by atoms with Crippen molar-refractivity contribution < 1.29 is 27.8 Å². The van der Waals surface area contributed by atoms with Crippen molar-refractivity contribution in [3.05, 3.63) is 29.8 Å². The Morgan fingerprint density at radius 2 is 1.78 bits per heavy atom. The summed E-state index contributed by atoms with van der Waals surface area (Å²) in [6, 6.07) is 6.41. The largest absolute Gasteiger partial charge is 0.573 e. The van der Waals surface area contributed by atoms with E-state index in [9.17, 15) is 23.1 Å². The third-order valence-corrected chi connectivity index (χ3v) is 6.11. The molecule has 1 aromatic carbocycles. The Morgan fingerprint density at radius 1 is 1.16 bits per heavy atom. The second kappa shape index (κ2) is 10.9. The number of hydrogen-bond donors (Lipinski definition) is 1. The Balaban J connectivity index is 2.32. The number of nitrogens with zero attached hydrogens (tertiary/aromatic N) is 1. The fourth-order valence-corrected chi connectivity index (χ4v) is 4.76. The number of alkyl halides is 3. The fourth-order valence-electron chi connectivity index (χ4n) is 4.76. The smallest absolute Gasteiger partial charge is 0.481 e. The SMILES string of the molecule is CC(C)CCC(CC(C)(C)C)N1CCC(CC(=O)O)CC1c1ccc(OC(F)(F)F)cc1. The van der Waals surface area contributed by atoms with E-state index < -0.39 is 12.3 Å². The molecular weight excluding hydrogens is 419 g/mol. The van der Waals surface area contributed by atoms with Gasteiger partial charge in [0.1, 0.15) is 5.75 Å². The minimum atomic E-state index is -4.72. The van der Waals surface area contributed by atoms with Crippen molar-refractivity contribution in [3.8, 4) is 5.75 Å². The highest BCUT2D eigenvalue weighted by Crippen LogP contribution is 2.41. The standard InChI is InChI=1S/C25H38F3NO3/c1-17(2)6-9-20(16-24(3,4)5)29-13-12-18(15-23(30)31)14-22(29)19-7-10-21(11-8-19)32-25(26,27)28/h7-8,10-11,17-18,20,22H,6,9,12-16H2,1-5H3,(H,30,31). The van der Waals surface area contributed by atoms with E-state index in [-0.39, 0.29) is 29.5 Å². The van der Waals surface area contributed by atoms with Crippen LogP contribution in [-0.2, 0) is 4.79 Å². The number of carbonyl (C=O) groups is 1. The molecule has 3 unspecified atom stereocenters. The number of rotatable bonds is 9. The van der Waals surface area contributed by atoms with Crippen LogP contribution in [0.5, 0.6) is 5.75 Å². The van der Waals surface area contributed by atoms with Crippen LogP contribution in [0, 0.1) is 17.3 Å². The molecule has 0 aromatic heterocycles. The normalized spacial score (nSPS) is 21.5. The van der Waals surface area contributed by atoms with E-state index in [1.807, 2.05) is 0 Å². The predicted molar refractivity (Wildman–Crippen MR) is 119 cm³/mol. The van der Waals surface area contributed by atoms with Gasteiger partial charge in [-0.05, 0) is 73.6 Å². The molecule has 0 radical (unpaired) electrons. The topological polar surface area (TPSA) is 49.8 Å². The van der Waals surface area contributed by atoms with Gasteiger partial charge in [-0.25, -0.2) is 0 Å². The van der Waals surface area contributed by atoms with Crippen molar-refractivity contribution in [3.63, 3.8) is 0 Å². The van der Waals surface area contributed by atoms with Crippen LogP contribution in [0.1, 0.15) is 84.7 Å². The number of likely N-dealkylation sites (tertiary alicyclic amines) is 1. The zero-order valence-corrected chi connectivity index (χ0v) is 19.9. The lowest BCUT2D eigenvalue weighted by atomic mass is 9.80. The van der Waals surface area contributed by atoms with Gasteiger partial charge >= 0.3 is 12.3 Å². The summed E-state index contributed by atoms with van der Waals surface area (Å²) in [5, 5.41) is 9.30. The number of carboxylic acid groups (broad SMARTS) is 1. The molecule has 1 aliphatic heterocycles. The minimum Gasteiger partial charge on any atom is -0.481 e. The lowest BCUT2D eigenvalue weighted by Crippen LogP contribution is -2.45. The molecule has 1 fully saturated rings. The van der Waals surface area contributed by atoms with Crippen LogP contribution >= 0.6 is 0 Å². The van der Waals surface area contributed by atoms with Gasteiger partial charge in [0.2, 0.25) is 0 Å². The van der Waals surface area contributed by atoms with Crippen LogP contribution < -0.4 is 4.74 Å². The lowest BCUT2D eigenvalue weighted by Gasteiger charge is -2.46. The lowest BCUT2D eigenvalue weighted by molar-refractivity contribution is -0.274. The Hall–Kier alpha value is -1.76. The molecule has 0 aliphatic carbocycles. The van der Waals surface area contributed by atoms with Crippen LogP contribution in [0.2, 0.25) is 0 Å². The average molecular weight is 458 g/mol. The Kier molecular flexibility index (Phi) is 9.03. The number of halogens is 3. The van der Waals surface area contributed by atoms with E-state index in [4.69, 9.17) is 0 Å². The van der Waals surface area contributed by atoms with E-state index in [2.05, 4.69) is 44.3 Å². The number of piperidine rings is 1. The summed E-state index contributed by atoms with van der Waals surface area (Å²) in [5.74, 6) is -0.404. The van der Waals surface area contributed by atoms with Gasteiger partial charge in [0.25, 0.3) is 0 Å². The Morgan fingerprint density at radius 3 is 2.28 bits per heavy atom. The van der Waals surface area contributed by atoms with Gasteiger partial charge in [0.05, 0.1) is 0 Å². The number of hydrogen-bond acceptors (Lipinski definition) is 3. The molecular formula is C25H38F3NO3. The average Bonchev–Trinajstić information content (AvgIpc) is 2.63. The number of benzene rings is 1.